The van der Waals surface area contributed by atoms with E-state index in [9.17, 15) is 19.7 Å². The Labute approximate surface area is 186 Å². The fraction of sp³-hybridized carbons (Fsp3) is 0.300. The van der Waals surface area contributed by atoms with Crippen LogP contribution in [0.15, 0.2) is 40.9 Å². The molecule has 2 aromatic carbocycles. The lowest BCUT2D eigenvalue weighted by Crippen LogP contribution is -2.38. The second kappa shape index (κ2) is 10.2. The first kappa shape index (κ1) is 22.5. The van der Waals surface area contributed by atoms with Crippen LogP contribution in [0.4, 0.5) is 17.1 Å². The van der Waals surface area contributed by atoms with Crippen molar-refractivity contribution in [2.45, 2.75) is 6.92 Å². The van der Waals surface area contributed by atoms with E-state index in [1.807, 2.05) is 6.92 Å². The first-order valence-electron chi connectivity index (χ1n) is 9.51. The largest absolute Gasteiger partial charge is 0.486 e. The van der Waals surface area contributed by atoms with Gasteiger partial charge in [-0.2, -0.15) is 0 Å². The number of likely N-dealkylation sites (N-methyl/N-ethyl adjacent to an activating group) is 1. The average molecular weight is 493 g/mol. The molecule has 1 aliphatic heterocycles. The molecule has 0 saturated carbocycles. The summed E-state index contributed by atoms with van der Waals surface area (Å²) in [6.45, 7) is 3.25. The summed E-state index contributed by atoms with van der Waals surface area (Å²) in [7, 11) is 0. The Morgan fingerprint density at radius 3 is 2.39 bits per heavy atom. The van der Waals surface area contributed by atoms with Crippen LogP contribution in [0.1, 0.15) is 6.92 Å². The molecule has 0 spiro atoms. The summed E-state index contributed by atoms with van der Waals surface area (Å²) in [5.74, 6) is 0.587. The van der Waals surface area contributed by atoms with E-state index in [0.29, 0.717) is 47.1 Å². The van der Waals surface area contributed by atoms with Crippen LogP contribution in [0.2, 0.25) is 0 Å². The predicted molar refractivity (Wildman–Crippen MR) is 118 cm³/mol. The Morgan fingerprint density at radius 1 is 1.06 bits per heavy atom. The number of fused-ring (bicyclic) bond motifs is 1. The van der Waals surface area contributed by atoms with Crippen LogP contribution in [-0.4, -0.2) is 54.5 Å². The highest BCUT2D eigenvalue weighted by molar-refractivity contribution is 9.10. The van der Waals surface area contributed by atoms with Gasteiger partial charge in [0.05, 0.1) is 23.7 Å². The van der Waals surface area contributed by atoms with Crippen molar-refractivity contribution >= 4 is 44.8 Å². The fourth-order valence-electron chi connectivity index (χ4n) is 2.92. The van der Waals surface area contributed by atoms with Crippen LogP contribution >= 0.6 is 15.9 Å². The van der Waals surface area contributed by atoms with E-state index in [2.05, 4.69) is 26.6 Å². The van der Waals surface area contributed by atoms with Gasteiger partial charge in [0.15, 0.2) is 11.5 Å². The molecule has 1 heterocycles. The predicted octanol–water partition coefficient (Wildman–Crippen LogP) is 3.03. The van der Waals surface area contributed by atoms with Gasteiger partial charge < -0.3 is 20.1 Å². The maximum absolute atomic E-state index is 12.4. The Morgan fingerprint density at radius 2 is 1.74 bits per heavy atom. The van der Waals surface area contributed by atoms with Crippen LogP contribution in [0.25, 0.3) is 0 Å². The zero-order valence-corrected chi connectivity index (χ0v) is 18.3. The lowest BCUT2D eigenvalue weighted by atomic mass is 10.2. The topological polar surface area (TPSA) is 123 Å². The molecular weight excluding hydrogens is 472 g/mol. The number of non-ortho nitro benzene ring substituents is 1. The number of benzene rings is 2. The molecule has 3 rings (SSSR count). The lowest BCUT2D eigenvalue weighted by molar-refractivity contribution is -0.384. The number of hydrogen-bond acceptors (Lipinski definition) is 7. The van der Waals surface area contributed by atoms with Gasteiger partial charge in [-0.05, 0) is 40.7 Å². The molecule has 0 radical (unpaired) electrons. The van der Waals surface area contributed by atoms with Crippen molar-refractivity contribution in [3.8, 4) is 11.5 Å². The summed E-state index contributed by atoms with van der Waals surface area (Å²) in [5, 5.41) is 16.3. The molecule has 0 unspecified atom stereocenters. The highest BCUT2D eigenvalue weighted by Crippen LogP contribution is 2.32. The number of hydrogen-bond donors (Lipinski definition) is 2. The van der Waals surface area contributed by atoms with Gasteiger partial charge in [0.2, 0.25) is 11.8 Å². The number of halogens is 1. The number of nitro groups is 1. The van der Waals surface area contributed by atoms with Crippen molar-refractivity contribution in [2.24, 2.45) is 0 Å². The van der Waals surface area contributed by atoms with E-state index in [1.165, 1.54) is 18.2 Å². The number of nitrogens with one attached hydrogen (secondary N) is 2. The third-order valence-electron chi connectivity index (χ3n) is 4.45. The first-order valence-corrected chi connectivity index (χ1v) is 10.3. The molecule has 0 atom stereocenters. The Hall–Kier alpha value is -3.18. The van der Waals surface area contributed by atoms with Crippen molar-refractivity contribution in [3.63, 3.8) is 0 Å². The molecule has 164 valence electrons. The number of ether oxygens (including phenoxy) is 2. The number of nitrogens with zero attached hydrogens (tertiary/aromatic N) is 2. The summed E-state index contributed by atoms with van der Waals surface area (Å²) in [6.07, 6.45) is 0. The van der Waals surface area contributed by atoms with Gasteiger partial charge in [-0.1, -0.05) is 6.92 Å². The molecule has 0 saturated heterocycles. The van der Waals surface area contributed by atoms with Crippen molar-refractivity contribution in [1.82, 2.24) is 4.90 Å². The maximum atomic E-state index is 12.4. The molecule has 2 N–H and O–H groups in total. The maximum Gasteiger partial charge on any atom is 0.270 e. The van der Waals surface area contributed by atoms with E-state index < -0.39 is 4.92 Å². The number of carbonyl (C=O) groups excluding carboxylic acids is 2. The van der Waals surface area contributed by atoms with E-state index in [4.69, 9.17) is 9.47 Å². The van der Waals surface area contributed by atoms with Gasteiger partial charge in [-0.25, -0.2) is 0 Å². The molecule has 1 aliphatic rings. The van der Waals surface area contributed by atoms with Crippen LogP contribution < -0.4 is 20.1 Å². The van der Waals surface area contributed by atoms with Gasteiger partial charge in [-0.15, -0.1) is 0 Å². The molecule has 0 aromatic heterocycles. The minimum absolute atomic E-state index is 0.0137. The zero-order valence-electron chi connectivity index (χ0n) is 16.7. The Balaban J connectivity index is 1.54. The van der Waals surface area contributed by atoms with Crippen molar-refractivity contribution in [2.75, 3.05) is 43.5 Å². The normalized spacial score (nSPS) is 12.4. The molecule has 10 nitrogen and oxygen atoms in total. The Bertz CT molecular complexity index is 1000. The van der Waals surface area contributed by atoms with Crippen LogP contribution in [0.5, 0.6) is 11.5 Å². The molecule has 2 aromatic rings. The van der Waals surface area contributed by atoms with Crippen molar-refractivity contribution in [3.05, 3.63) is 51.0 Å². The lowest BCUT2D eigenvalue weighted by Gasteiger charge is -2.21. The first-order chi connectivity index (χ1) is 14.9. The number of amides is 2. The number of rotatable bonds is 8. The van der Waals surface area contributed by atoms with Gasteiger partial charge in [0, 0.05) is 28.4 Å². The number of anilines is 2. The van der Waals surface area contributed by atoms with Crippen molar-refractivity contribution in [1.29, 1.82) is 0 Å². The standard InChI is InChI=1S/C20H21BrN4O6/c1-2-24(12-20(27)23-16-5-4-14(25(28)29)10-15(16)21)11-19(26)22-13-3-6-17-18(9-13)31-8-7-30-17/h3-6,9-10H,2,7-8,11-12H2,1H3,(H,22,26)(H,23,27). The monoisotopic (exact) mass is 492 g/mol. The van der Waals surface area contributed by atoms with E-state index in [-0.39, 0.29) is 30.6 Å². The summed E-state index contributed by atoms with van der Waals surface area (Å²) < 4.78 is 11.4. The SMILES string of the molecule is CCN(CC(=O)Nc1ccc2c(c1)OCCO2)CC(=O)Nc1ccc([N+](=O)[O-])cc1Br. The van der Waals surface area contributed by atoms with Gasteiger partial charge in [-0.3, -0.25) is 24.6 Å². The second-order valence-corrected chi connectivity index (χ2v) is 7.53. The highest BCUT2D eigenvalue weighted by Gasteiger charge is 2.17. The van der Waals surface area contributed by atoms with Gasteiger partial charge in [0.1, 0.15) is 13.2 Å². The van der Waals surface area contributed by atoms with E-state index >= 15 is 0 Å². The molecule has 11 heteroatoms. The quantitative estimate of drug-likeness (QED) is 0.428. The van der Waals surface area contributed by atoms with Crippen LogP contribution in [0, 0.1) is 10.1 Å². The second-order valence-electron chi connectivity index (χ2n) is 6.68. The third-order valence-corrected chi connectivity index (χ3v) is 5.10. The molecular formula is C20H21BrN4O6. The van der Waals surface area contributed by atoms with E-state index in [0.717, 1.165) is 0 Å². The van der Waals surface area contributed by atoms with Crippen molar-refractivity contribution < 1.29 is 24.0 Å². The average Bonchev–Trinajstić information content (AvgIpc) is 2.74. The molecule has 31 heavy (non-hydrogen) atoms. The highest BCUT2D eigenvalue weighted by atomic mass is 79.9. The molecule has 0 fully saturated rings. The third kappa shape index (κ3) is 6.15. The van der Waals surface area contributed by atoms with Crippen LogP contribution in [-0.2, 0) is 9.59 Å². The smallest absolute Gasteiger partial charge is 0.270 e. The van der Waals surface area contributed by atoms with Gasteiger partial charge in [0.25, 0.3) is 5.69 Å². The minimum Gasteiger partial charge on any atom is -0.486 e. The number of nitro benzene ring substituents is 1. The zero-order chi connectivity index (χ0) is 22.4. The van der Waals surface area contributed by atoms with Crippen LogP contribution in [0.3, 0.4) is 0 Å². The fourth-order valence-corrected chi connectivity index (χ4v) is 3.38. The summed E-state index contributed by atoms with van der Waals surface area (Å²) in [6, 6.07) is 9.22. The molecule has 0 bridgehead atoms. The molecule has 0 aliphatic carbocycles. The summed E-state index contributed by atoms with van der Waals surface area (Å²) in [5.41, 5.74) is 0.896. The number of carbonyl (C=O) groups is 2. The summed E-state index contributed by atoms with van der Waals surface area (Å²) in [4.78, 5) is 36.8. The van der Waals surface area contributed by atoms with Gasteiger partial charge >= 0.3 is 0 Å². The van der Waals surface area contributed by atoms with E-state index in [1.54, 1.807) is 23.1 Å². The summed E-state index contributed by atoms with van der Waals surface area (Å²) >= 11 is 3.21. The molecule has 2 amide bonds. The minimum atomic E-state index is -0.518. The Kier molecular flexibility index (Phi) is 7.42.